The fraction of sp³-hybridized carbons (Fsp3) is 0. The summed E-state index contributed by atoms with van der Waals surface area (Å²) in [6, 6.07) is 9.86. The molecule has 0 fully saturated rings. The van der Waals surface area contributed by atoms with Crippen molar-refractivity contribution in [3.8, 4) is 16.9 Å². The normalized spacial score (nSPS) is 11.0. The van der Waals surface area contributed by atoms with Crippen molar-refractivity contribution < 1.29 is 0 Å². The lowest BCUT2D eigenvalue weighted by Gasteiger charge is -2.01. The van der Waals surface area contributed by atoms with Gasteiger partial charge in [0.25, 0.3) is 0 Å². The monoisotopic (exact) mass is 277 g/mol. The van der Waals surface area contributed by atoms with Gasteiger partial charge in [0.1, 0.15) is 11.2 Å². The molecule has 102 valence electrons. The van der Waals surface area contributed by atoms with Gasteiger partial charge in [-0.15, -0.1) is 0 Å². The van der Waals surface area contributed by atoms with Crippen LogP contribution in [0.25, 0.3) is 28.1 Å². The molecule has 4 aromatic rings. The average molecular weight is 277 g/mol. The number of hydrogen-bond donors (Lipinski definition) is 2. The molecular weight excluding hydrogens is 266 g/mol. The third-order valence-electron chi connectivity index (χ3n) is 3.18. The number of benzene rings is 1. The summed E-state index contributed by atoms with van der Waals surface area (Å²) in [6.07, 6.45) is 5.22. The van der Waals surface area contributed by atoms with Crippen LogP contribution in [0.4, 0.5) is 5.95 Å². The Bertz CT molecular complexity index is 907. The number of para-hydroxylation sites is 1. The Morgan fingerprint density at radius 1 is 1.10 bits per heavy atom. The topological polar surface area (TPSA) is 98.3 Å². The van der Waals surface area contributed by atoms with Crippen LogP contribution in [0.2, 0.25) is 0 Å². The average Bonchev–Trinajstić information content (AvgIpc) is 3.16. The Hall–Kier alpha value is -3.22. The van der Waals surface area contributed by atoms with E-state index in [0.29, 0.717) is 11.3 Å². The van der Waals surface area contributed by atoms with Crippen LogP contribution in [-0.2, 0) is 0 Å². The molecule has 0 amide bonds. The summed E-state index contributed by atoms with van der Waals surface area (Å²) in [6.45, 7) is 0. The smallest absolute Gasteiger partial charge is 0.222 e. The van der Waals surface area contributed by atoms with Gasteiger partial charge in [-0.25, -0.2) is 14.6 Å². The van der Waals surface area contributed by atoms with Gasteiger partial charge in [-0.3, -0.25) is 0 Å². The zero-order valence-electron chi connectivity index (χ0n) is 10.9. The first-order valence-electron chi connectivity index (χ1n) is 6.38. The van der Waals surface area contributed by atoms with E-state index in [9.17, 15) is 0 Å². The van der Waals surface area contributed by atoms with E-state index in [4.69, 9.17) is 5.73 Å². The quantitative estimate of drug-likeness (QED) is 0.582. The van der Waals surface area contributed by atoms with Crippen molar-refractivity contribution in [3.63, 3.8) is 0 Å². The number of nitrogens with zero attached hydrogens (tertiary/aromatic N) is 5. The van der Waals surface area contributed by atoms with Gasteiger partial charge in [0.15, 0.2) is 5.65 Å². The summed E-state index contributed by atoms with van der Waals surface area (Å²) in [5.74, 6) is 0.192. The largest absolute Gasteiger partial charge is 0.368 e. The number of H-pyrrole nitrogens is 1. The van der Waals surface area contributed by atoms with Crippen LogP contribution in [0, 0.1) is 0 Å². The van der Waals surface area contributed by atoms with Gasteiger partial charge in [0, 0.05) is 11.8 Å². The molecule has 7 heteroatoms. The number of imidazole rings is 1. The summed E-state index contributed by atoms with van der Waals surface area (Å²) in [4.78, 5) is 15.5. The first-order chi connectivity index (χ1) is 10.3. The van der Waals surface area contributed by atoms with Gasteiger partial charge >= 0.3 is 0 Å². The van der Waals surface area contributed by atoms with Crippen molar-refractivity contribution in [2.75, 3.05) is 5.73 Å². The van der Waals surface area contributed by atoms with Crippen LogP contribution in [0.1, 0.15) is 0 Å². The summed E-state index contributed by atoms with van der Waals surface area (Å²) < 4.78 is 1.79. The first-order valence-corrected chi connectivity index (χ1v) is 6.38. The summed E-state index contributed by atoms with van der Waals surface area (Å²) in [5.41, 5.74) is 9.55. The predicted molar refractivity (Wildman–Crippen MR) is 78.7 cm³/mol. The molecule has 1 aromatic carbocycles. The number of rotatable bonds is 2. The Labute approximate surface area is 119 Å². The highest BCUT2D eigenvalue weighted by atomic mass is 15.3. The second kappa shape index (κ2) is 4.41. The van der Waals surface area contributed by atoms with Crippen molar-refractivity contribution in [3.05, 3.63) is 49.1 Å². The van der Waals surface area contributed by atoms with E-state index in [1.54, 1.807) is 17.2 Å². The van der Waals surface area contributed by atoms with E-state index < -0.39 is 0 Å². The number of aromatic nitrogens is 6. The second-order valence-electron chi connectivity index (χ2n) is 4.54. The van der Waals surface area contributed by atoms with Gasteiger partial charge in [0.05, 0.1) is 18.2 Å². The molecule has 3 heterocycles. The molecule has 0 aliphatic heterocycles. The van der Waals surface area contributed by atoms with Gasteiger partial charge in [-0.05, 0) is 12.1 Å². The molecule has 0 aliphatic rings. The molecule has 21 heavy (non-hydrogen) atoms. The Kier molecular flexibility index (Phi) is 2.43. The molecule has 0 atom stereocenters. The maximum atomic E-state index is 5.74. The van der Waals surface area contributed by atoms with Crippen molar-refractivity contribution in [1.29, 1.82) is 0 Å². The van der Waals surface area contributed by atoms with E-state index in [1.807, 2.05) is 36.5 Å². The standard InChI is InChI=1S/C14H11N7/c15-14-19-11(12-13(20-14)17-8-16-12)9-6-18-21(7-9)10-4-2-1-3-5-10/h1-8H,(H3,15,16,17,19,20). The van der Waals surface area contributed by atoms with E-state index in [0.717, 1.165) is 16.8 Å². The van der Waals surface area contributed by atoms with Gasteiger partial charge in [0.2, 0.25) is 5.95 Å². The molecule has 3 N–H and O–H groups in total. The third-order valence-corrected chi connectivity index (χ3v) is 3.18. The minimum atomic E-state index is 0.192. The van der Waals surface area contributed by atoms with Crippen molar-refractivity contribution >= 4 is 17.1 Å². The van der Waals surface area contributed by atoms with Crippen LogP contribution >= 0.6 is 0 Å². The summed E-state index contributed by atoms with van der Waals surface area (Å²) >= 11 is 0. The number of fused-ring (bicyclic) bond motifs is 1. The molecule has 0 radical (unpaired) electrons. The van der Waals surface area contributed by atoms with Crippen molar-refractivity contribution in [2.24, 2.45) is 0 Å². The van der Waals surface area contributed by atoms with Crippen LogP contribution < -0.4 is 5.73 Å². The summed E-state index contributed by atoms with van der Waals surface area (Å²) in [5, 5.41) is 4.36. The number of nitrogen functional groups attached to an aromatic ring is 1. The van der Waals surface area contributed by atoms with Crippen molar-refractivity contribution in [2.45, 2.75) is 0 Å². The van der Waals surface area contributed by atoms with Crippen LogP contribution in [0.5, 0.6) is 0 Å². The zero-order valence-corrected chi connectivity index (χ0v) is 10.9. The van der Waals surface area contributed by atoms with Crippen LogP contribution in [0.15, 0.2) is 49.1 Å². The van der Waals surface area contributed by atoms with Crippen LogP contribution in [0.3, 0.4) is 0 Å². The molecule has 0 spiro atoms. The maximum Gasteiger partial charge on any atom is 0.222 e. The number of hydrogen-bond acceptors (Lipinski definition) is 5. The Morgan fingerprint density at radius 2 is 1.95 bits per heavy atom. The number of nitrogens with two attached hydrogens (primary N) is 1. The minimum Gasteiger partial charge on any atom is -0.368 e. The van der Waals surface area contributed by atoms with E-state index in [2.05, 4.69) is 25.0 Å². The fourth-order valence-corrected chi connectivity index (χ4v) is 2.23. The molecule has 0 bridgehead atoms. The molecule has 0 aliphatic carbocycles. The van der Waals surface area contributed by atoms with E-state index in [1.165, 1.54) is 0 Å². The van der Waals surface area contributed by atoms with Gasteiger partial charge in [-0.1, -0.05) is 18.2 Å². The first kappa shape index (κ1) is 11.6. The number of aromatic amines is 1. The lowest BCUT2D eigenvalue weighted by Crippen LogP contribution is -1.97. The molecule has 7 nitrogen and oxygen atoms in total. The Balaban J connectivity index is 1.87. The Morgan fingerprint density at radius 3 is 2.81 bits per heavy atom. The molecule has 4 rings (SSSR count). The highest BCUT2D eigenvalue weighted by Crippen LogP contribution is 2.24. The maximum absolute atomic E-state index is 5.74. The van der Waals surface area contributed by atoms with Gasteiger partial charge in [-0.2, -0.15) is 10.1 Å². The lowest BCUT2D eigenvalue weighted by molar-refractivity contribution is 0.881. The molecule has 0 saturated heterocycles. The zero-order chi connectivity index (χ0) is 14.2. The van der Waals surface area contributed by atoms with Crippen LogP contribution in [-0.4, -0.2) is 29.7 Å². The second-order valence-corrected chi connectivity index (χ2v) is 4.54. The molecule has 0 unspecified atom stereocenters. The summed E-state index contributed by atoms with van der Waals surface area (Å²) in [7, 11) is 0. The van der Waals surface area contributed by atoms with Crippen molar-refractivity contribution in [1.82, 2.24) is 29.7 Å². The number of nitrogens with one attached hydrogen (secondary N) is 1. The molecule has 0 saturated carbocycles. The highest BCUT2D eigenvalue weighted by molar-refractivity contribution is 5.87. The highest BCUT2D eigenvalue weighted by Gasteiger charge is 2.12. The van der Waals surface area contributed by atoms with Gasteiger partial charge < -0.3 is 10.7 Å². The van der Waals surface area contributed by atoms with E-state index >= 15 is 0 Å². The van der Waals surface area contributed by atoms with E-state index in [-0.39, 0.29) is 5.95 Å². The minimum absolute atomic E-state index is 0.192. The predicted octanol–water partition coefficient (Wildman–Crippen LogP) is 1.79. The number of anilines is 1. The molecule has 3 aromatic heterocycles. The molecular formula is C14H11N7. The third kappa shape index (κ3) is 1.91. The SMILES string of the molecule is Nc1nc(-c2cnn(-c3ccccc3)c2)c2[nH]cnc2n1. The lowest BCUT2D eigenvalue weighted by atomic mass is 10.2. The fourth-order valence-electron chi connectivity index (χ4n) is 2.23.